The van der Waals surface area contributed by atoms with Gasteiger partial charge in [-0.3, -0.25) is 4.79 Å². The maximum Gasteiger partial charge on any atom is 0.304 e. The molecular weight excluding hydrogens is 213 g/mol. The van der Waals surface area contributed by atoms with Crippen LogP contribution >= 0.6 is 0 Å². The first-order valence-electron chi connectivity index (χ1n) is 4.88. The fourth-order valence-corrected chi connectivity index (χ4v) is 1.22. The van der Waals surface area contributed by atoms with Gasteiger partial charge in [0.25, 0.3) is 0 Å². The molecule has 0 aromatic heterocycles. The minimum absolute atomic E-state index is 0.0256. The maximum atomic E-state index is 13.4. The van der Waals surface area contributed by atoms with Crippen LogP contribution in [0.15, 0.2) is 18.2 Å². The average molecular weight is 227 g/mol. The van der Waals surface area contributed by atoms with Gasteiger partial charge in [-0.1, -0.05) is 6.07 Å². The standard InChI is InChI=1S/C11H14FNO3/c1-16-9-3-2-8(10(12)6-9)7-13-5-4-11(14)15/h2-3,6,13H,4-5,7H2,1H3,(H,14,15). The Morgan fingerprint density at radius 3 is 2.88 bits per heavy atom. The second-order valence-corrected chi connectivity index (χ2v) is 3.28. The van der Waals surface area contributed by atoms with Crippen LogP contribution < -0.4 is 10.1 Å². The number of carbonyl (C=O) groups is 1. The van der Waals surface area contributed by atoms with Gasteiger partial charge in [-0.05, 0) is 6.07 Å². The van der Waals surface area contributed by atoms with E-state index in [0.29, 0.717) is 24.4 Å². The number of methoxy groups -OCH3 is 1. The molecule has 88 valence electrons. The SMILES string of the molecule is COc1ccc(CNCCC(=O)O)c(F)c1. The van der Waals surface area contributed by atoms with Crippen molar-refractivity contribution in [2.24, 2.45) is 0 Å². The molecule has 0 heterocycles. The molecule has 5 heteroatoms. The Hall–Kier alpha value is -1.62. The first-order chi connectivity index (χ1) is 7.63. The lowest BCUT2D eigenvalue weighted by Gasteiger charge is -2.06. The van der Waals surface area contributed by atoms with E-state index in [-0.39, 0.29) is 12.2 Å². The van der Waals surface area contributed by atoms with Crippen LogP contribution in [0.25, 0.3) is 0 Å². The summed E-state index contributed by atoms with van der Waals surface area (Å²) in [6.07, 6.45) is 0.0256. The summed E-state index contributed by atoms with van der Waals surface area (Å²) in [4.78, 5) is 10.2. The highest BCUT2D eigenvalue weighted by molar-refractivity contribution is 5.66. The highest BCUT2D eigenvalue weighted by Crippen LogP contribution is 2.15. The van der Waals surface area contributed by atoms with E-state index in [2.05, 4.69) is 5.32 Å². The van der Waals surface area contributed by atoms with Crippen molar-refractivity contribution in [3.8, 4) is 5.75 Å². The fourth-order valence-electron chi connectivity index (χ4n) is 1.22. The van der Waals surface area contributed by atoms with Crippen LogP contribution in [0, 0.1) is 5.82 Å². The number of ether oxygens (including phenoxy) is 1. The number of rotatable bonds is 6. The summed E-state index contributed by atoms with van der Waals surface area (Å²) in [6.45, 7) is 0.629. The summed E-state index contributed by atoms with van der Waals surface area (Å²) in [5.41, 5.74) is 0.492. The maximum absolute atomic E-state index is 13.4. The largest absolute Gasteiger partial charge is 0.497 e. The molecule has 0 amide bonds. The van der Waals surface area contributed by atoms with Crippen LogP contribution in [-0.4, -0.2) is 24.7 Å². The van der Waals surface area contributed by atoms with Crippen molar-refractivity contribution in [2.75, 3.05) is 13.7 Å². The smallest absolute Gasteiger partial charge is 0.304 e. The lowest BCUT2D eigenvalue weighted by atomic mass is 10.2. The third kappa shape index (κ3) is 3.86. The van der Waals surface area contributed by atoms with Gasteiger partial charge < -0.3 is 15.2 Å². The van der Waals surface area contributed by atoms with Crippen LogP contribution in [0.5, 0.6) is 5.75 Å². The van der Waals surface area contributed by atoms with Crippen molar-refractivity contribution in [3.63, 3.8) is 0 Å². The second-order valence-electron chi connectivity index (χ2n) is 3.28. The van der Waals surface area contributed by atoms with Crippen LogP contribution in [-0.2, 0) is 11.3 Å². The van der Waals surface area contributed by atoms with Gasteiger partial charge in [0.1, 0.15) is 11.6 Å². The number of hydrogen-bond acceptors (Lipinski definition) is 3. The summed E-state index contributed by atoms with van der Waals surface area (Å²) in [6, 6.07) is 4.58. The Morgan fingerprint density at radius 2 is 2.31 bits per heavy atom. The van der Waals surface area contributed by atoms with E-state index >= 15 is 0 Å². The van der Waals surface area contributed by atoms with E-state index in [1.54, 1.807) is 12.1 Å². The van der Waals surface area contributed by atoms with Crippen LogP contribution in [0.1, 0.15) is 12.0 Å². The third-order valence-corrected chi connectivity index (χ3v) is 2.09. The van der Waals surface area contributed by atoms with Crippen molar-refractivity contribution in [1.29, 1.82) is 0 Å². The Balaban J connectivity index is 2.45. The molecule has 1 aromatic carbocycles. The van der Waals surface area contributed by atoms with E-state index in [1.807, 2.05) is 0 Å². The minimum atomic E-state index is -0.872. The molecule has 0 fully saturated rings. The van der Waals surface area contributed by atoms with Crippen molar-refractivity contribution in [3.05, 3.63) is 29.6 Å². The van der Waals surface area contributed by atoms with Gasteiger partial charge >= 0.3 is 5.97 Å². The minimum Gasteiger partial charge on any atom is -0.497 e. The van der Waals surface area contributed by atoms with Crippen molar-refractivity contribution < 1.29 is 19.0 Å². The molecule has 0 spiro atoms. The van der Waals surface area contributed by atoms with Gasteiger partial charge in [0.15, 0.2) is 0 Å². The predicted octanol–water partition coefficient (Wildman–Crippen LogP) is 1.40. The van der Waals surface area contributed by atoms with E-state index in [1.165, 1.54) is 13.2 Å². The lowest BCUT2D eigenvalue weighted by molar-refractivity contribution is -0.136. The number of aliphatic carboxylic acids is 1. The zero-order valence-electron chi connectivity index (χ0n) is 9.00. The highest BCUT2D eigenvalue weighted by Gasteiger charge is 2.03. The van der Waals surface area contributed by atoms with Gasteiger partial charge in [-0.25, -0.2) is 4.39 Å². The quantitative estimate of drug-likeness (QED) is 0.721. The zero-order chi connectivity index (χ0) is 12.0. The normalized spacial score (nSPS) is 10.1. The molecule has 0 bridgehead atoms. The Bertz CT molecular complexity index is 368. The van der Waals surface area contributed by atoms with Gasteiger partial charge in [0, 0.05) is 24.7 Å². The number of hydrogen-bond donors (Lipinski definition) is 2. The molecule has 1 aromatic rings. The molecule has 1 rings (SSSR count). The summed E-state index contributed by atoms with van der Waals surface area (Å²) >= 11 is 0. The molecule has 0 unspecified atom stereocenters. The molecule has 0 aliphatic carbocycles. The molecule has 0 atom stereocenters. The third-order valence-electron chi connectivity index (χ3n) is 2.09. The van der Waals surface area contributed by atoms with Gasteiger partial charge in [0.05, 0.1) is 13.5 Å². The molecule has 0 saturated carbocycles. The Labute approximate surface area is 93.0 Å². The molecule has 16 heavy (non-hydrogen) atoms. The Kier molecular flexibility index (Phi) is 4.72. The van der Waals surface area contributed by atoms with E-state index in [0.717, 1.165) is 0 Å². The summed E-state index contributed by atoms with van der Waals surface area (Å²) in [5.74, 6) is -0.767. The molecule has 0 saturated heterocycles. The van der Waals surface area contributed by atoms with Gasteiger partial charge in [-0.15, -0.1) is 0 Å². The summed E-state index contributed by atoms with van der Waals surface area (Å²) in [5, 5.41) is 11.3. The predicted molar refractivity (Wildman–Crippen MR) is 56.9 cm³/mol. The zero-order valence-corrected chi connectivity index (χ0v) is 9.00. The molecule has 2 N–H and O–H groups in total. The number of benzene rings is 1. The van der Waals surface area contributed by atoms with Crippen molar-refractivity contribution >= 4 is 5.97 Å². The van der Waals surface area contributed by atoms with Gasteiger partial charge in [-0.2, -0.15) is 0 Å². The first-order valence-corrected chi connectivity index (χ1v) is 4.88. The van der Waals surface area contributed by atoms with Crippen LogP contribution in [0.3, 0.4) is 0 Å². The Morgan fingerprint density at radius 1 is 1.56 bits per heavy atom. The number of nitrogens with one attached hydrogen (secondary N) is 1. The van der Waals surface area contributed by atoms with Crippen molar-refractivity contribution in [2.45, 2.75) is 13.0 Å². The average Bonchev–Trinajstić information content (AvgIpc) is 2.25. The number of halogens is 1. The van der Waals surface area contributed by atoms with E-state index in [4.69, 9.17) is 9.84 Å². The molecular formula is C11H14FNO3. The van der Waals surface area contributed by atoms with Crippen LogP contribution in [0.4, 0.5) is 4.39 Å². The van der Waals surface area contributed by atoms with E-state index in [9.17, 15) is 9.18 Å². The van der Waals surface area contributed by atoms with E-state index < -0.39 is 5.97 Å². The molecule has 0 radical (unpaired) electrons. The second kappa shape index (κ2) is 6.07. The highest BCUT2D eigenvalue weighted by atomic mass is 19.1. The molecule has 4 nitrogen and oxygen atoms in total. The number of carboxylic acid groups (broad SMARTS) is 1. The van der Waals surface area contributed by atoms with Crippen molar-refractivity contribution in [1.82, 2.24) is 5.32 Å². The van der Waals surface area contributed by atoms with Gasteiger partial charge in [0.2, 0.25) is 0 Å². The summed E-state index contributed by atoms with van der Waals surface area (Å²) in [7, 11) is 1.47. The lowest BCUT2D eigenvalue weighted by Crippen LogP contribution is -2.18. The number of carboxylic acids is 1. The summed E-state index contributed by atoms with van der Waals surface area (Å²) < 4.78 is 18.3. The fraction of sp³-hybridized carbons (Fsp3) is 0.364. The topological polar surface area (TPSA) is 58.6 Å². The molecule has 0 aliphatic rings. The van der Waals surface area contributed by atoms with Crippen LogP contribution in [0.2, 0.25) is 0 Å². The first kappa shape index (κ1) is 12.4. The molecule has 0 aliphatic heterocycles. The monoisotopic (exact) mass is 227 g/mol.